The molecule has 2 atom stereocenters. The molecule has 0 heterocycles. The number of hydrogen-bond acceptors (Lipinski definition) is 0. The molecule has 2 fully saturated rings. The second-order valence-electron chi connectivity index (χ2n) is 5.37. The first-order valence-corrected chi connectivity index (χ1v) is 6.38. The highest BCUT2D eigenvalue weighted by atomic mass is 14.3. The molecule has 0 aromatic rings. The Kier molecular flexibility index (Phi) is 3.29. The van der Waals surface area contributed by atoms with E-state index in [0.29, 0.717) is 0 Å². The largest absolute Gasteiger partial charge is 0.0654 e. The molecule has 0 N–H and O–H groups in total. The smallest absolute Gasteiger partial charge is 0.0409 e. The maximum atomic E-state index is 2.33. The lowest BCUT2D eigenvalue weighted by Gasteiger charge is -2.28. The molecule has 0 spiro atoms. The van der Waals surface area contributed by atoms with Crippen LogP contribution in [0, 0.1) is 17.8 Å². The van der Waals surface area contributed by atoms with Crippen LogP contribution < -0.4 is 0 Å². The summed E-state index contributed by atoms with van der Waals surface area (Å²) >= 11 is 0. The van der Waals surface area contributed by atoms with Crippen LogP contribution in [0.1, 0.15) is 64.7 Å². The summed E-state index contributed by atoms with van der Waals surface area (Å²) in [6, 6.07) is 0. The predicted octanol–water partition coefficient (Wildman–Crippen LogP) is 4.39. The van der Waals surface area contributed by atoms with Crippen LogP contribution in [0.3, 0.4) is 0 Å². The Labute approximate surface area is 83.1 Å². The third-order valence-electron chi connectivity index (χ3n) is 4.24. The van der Waals surface area contributed by atoms with Gasteiger partial charge in [0.1, 0.15) is 0 Å². The lowest BCUT2D eigenvalue weighted by Crippen LogP contribution is -2.14. The van der Waals surface area contributed by atoms with Crippen LogP contribution in [-0.4, -0.2) is 0 Å². The summed E-state index contributed by atoms with van der Waals surface area (Å²) < 4.78 is 0. The van der Waals surface area contributed by atoms with Crippen LogP contribution in [0.4, 0.5) is 0 Å². The fourth-order valence-corrected chi connectivity index (χ4v) is 3.26. The van der Waals surface area contributed by atoms with E-state index in [9.17, 15) is 0 Å². The molecule has 0 heteroatoms. The van der Waals surface area contributed by atoms with Gasteiger partial charge in [-0.2, -0.15) is 0 Å². The molecule has 2 unspecified atom stereocenters. The fraction of sp³-hybridized carbons (Fsp3) is 1.00. The lowest BCUT2D eigenvalue weighted by atomic mass is 9.78. The lowest BCUT2D eigenvalue weighted by molar-refractivity contribution is 0.247. The Morgan fingerprint density at radius 3 is 2.31 bits per heavy atom. The molecule has 2 aliphatic carbocycles. The van der Waals surface area contributed by atoms with Crippen molar-refractivity contribution < 1.29 is 0 Å². The zero-order valence-corrected chi connectivity index (χ0v) is 9.10. The van der Waals surface area contributed by atoms with Crippen molar-refractivity contribution in [2.24, 2.45) is 17.8 Å². The van der Waals surface area contributed by atoms with Gasteiger partial charge in [0.25, 0.3) is 0 Å². The molecule has 0 amide bonds. The Balaban J connectivity index is 1.65. The molecule has 0 aromatic heterocycles. The van der Waals surface area contributed by atoms with E-state index in [-0.39, 0.29) is 0 Å². The minimum atomic E-state index is 1.11. The van der Waals surface area contributed by atoms with Crippen molar-refractivity contribution in [3.63, 3.8) is 0 Å². The average Bonchev–Trinajstić information content (AvgIpc) is 2.46. The summed E-state index contributed by atoms with van der Waals surface area (Å²) in [5.74, 6) is 3.38. The van der Waals surface area contributed by atoms with Gasteiger partial charge in [-0.3, -0.25) is 0 Å². The first kappa shape index (κ1) is 9.55. The van der Waals surface area contributed by atoms with Gasteiger partial charge in [0, 0.05) is 0 Å². The monoisotopic (exact) mass is 180 g/mol. The van der Waals surface area contributed by atoms with Crippen molar-refractivity contribution in [2.75, 3.05) is 0 Å². The summed E-state index contributed by atoms with van der Waals surface area (Å²) in [5.41, 5.74) is 0. The third kappa shape index (κ3) is 2.48. The zero-order valence-electron chi connectivity index (χ0n) is 9.10. The quantitative estimate of drug-likeness (QED) is 0.602. The molecule has 0 aliphatic heterocycles. The molecule has 0 saturated heterocycles. The number of rotatable bonds is 4. The van der Waals surface area contributed by atoms with E-state index in [2.05, 4.69) is 6.92 Å². The molecular formula is C13H24. The Bertz CT molecular complexity index is 146. The Morgan fingerprint density at radius 2 is 1.69 bits per heavy atom. The molecule has 0 aromatic carbocycles. The molecule has 76 valence electrons. The van der Waals surface area contributed by atoms with E-state index >= 15 is 0 Å². The average molecular weight is 180 g/mol. The van der Waals surface area contributed by atoms with Crippen molar-refractivity contribution >= 4 is 0 Å². The van der Waals surface area contributed by atoms with E-state index in [1.54, 1.807) is 38.5 Å². The molecule has 2 saturated carbocycles. The van der Waals surface area contributed by atoms with E-state index in [0.717, 1.165) is 17.8 Å². The minimum Gasteiger partial charge on any atom is -0.0654 e. The van der Waals surface area contributed by atoms with Gasteiger partial charge in [-0.1, -0.05) is 51.9 Å². The maximum Gasteiger partial charge on any atom is -0.0409 e. The van der Waals surface area contributed by atoms with Crippen LogP contribution in [0.5, 0.6) is 0 Å². The van der Waals surface area contributed by atoms with Crippen molar-refractivity contribution in [2.45, 2.75) is 64.7 Å². The zero-order chi connectivity index (χ0) is 9.10. The van der Waals surface area contributed by atoms with Gasteiger partial charge in [-0.15, -0.1) is 0 Å². The van der Waals surface area contributed by atoms with Gasteiger partial charge < -0.3 is 0 Å². The second kappa shape index (κ2) is 4.48. The molecule has 2 rings (SSSR count). The van der Waals surface area contributed by atoms with Crippen molar-refractivity contribution in [3.8, 4) is 0 Å². The van der Waals surface area contributed by atoms with Gasteiger partial charge >= 0.3 is 0 Å². The Morgan fingerprint density at radius 1 is 0.923 bits per heavy atom. The summed E-state index contributed by atoms with van der Waals surface area (Å²) in [7, 11) is 0. The minimum absolute atomic E-state index is 1.11. The van der Waals surface area contributed by atoms with E-state index in [1.807, 2.05) is 0 Å². The second-order valence-corrected chi connectivity index (χ2v) is 5.37. The van der Waals surface area contributed by atoms with Crippen molar-refractivity contribution in [3.05, 3.63) is 0 Å². The summed E-state index contributed by atoms with van der Waals surface area (Å²) in [5, 5.41) is 0. The van der Waals surface area contributed by atoms with Crippen LogP contribution in [0.2, 0.25) is 0 Å². The first-order chi connectivity index (χ1) is 6.38. The highest BCUT2D eigenvalue weighted by molar-refractivity contribution is 4.80. The molecular weight excluding hydrogens is 156 g/mol. The molecule has 13 heavy (non-hydrogen) atoms. The summed E-state index contributed by atoms with van der Waals surface area (Å²) in [6.45, 7) is 2.33. The highest BCUT2D eigenvalue weighted by Gasteiger charge is 2.28. The molecule has 0 nitrogen and oxygen atoms in total. The third-order valence-corrected chi connectivity index (χ3v) is 4.24. The van der Waals surface area contributed by atoms with Crippen LogP contribution in [0.15, 0.2) is 0 Å². The van der Waals surface area contributed by atoms with Crippen molar-refractivity contribution in [1.82, 2.24) is 0 Å². The topological polar surface area (TPSA) is 0 Å². The van der Waals surface area contributed by atoms with Gasteiger partial charge in [0.15, 0.2) is 0 Å². The van der Waals surface area contributed by atoms with E-state index < -0.39 is 0 Å². The molecule has 0 bridgehead atoms. The van der Waals surface area contributed by atoms with E-state index in [1.165, 1.54) is 19.3 Å². The molecule has 0 radical (unpaired) electrons. The Hall–Kier alpha value is 0. The van der Waals surface area contributed by atoms with Crippen molar-refractivity contribution in [1.29, 1.82) is 0 Å². The van der Waals surface area contributed by atoms with Gasteiger partial charge in [-0.05, 0) is 30.6 Å². The van der Waals surface area contributed by atoms with Gasteiger partial charge in [0.2, 0.25) is 0 Å². The number of hydrogen-bond donors (Lipinski definition) is 0. The summed E-state index contributed by atoms with van der Waals surface area (Å²) in [6.07, 6.45) is 13.8. The molecule has 2 aliphatic rings. The van der Waals surface area contributed by atoms with Gasteiger partial charge in [0.05, 0.1) is 0 Å². The van der Waals surface area contributed by atoms with Crippen LogP contribution in [0.25, 0.3) is 0 Å². The standard InChI is InChI=1S/C13H24/c1-2-4-11-7-8-13(9-11)10-12-5-3-6-12/h11-13H,2-10H2,1H3. The fourth-order valence-electron chi connectivity index (χ4n) is 3.26. The van der Waals surface area contributed by atoms with Crippen LogP contribution >= 0.6 is 0 Å². The maximum absolute atomic E-state index is 2.33. The summed E-state index contributed by atoms with van der Waals surface area (Å²) in [4.78, 5) is 0. The highest BCUT2D eigenvalue weighted by Crippen LogP contribution is 2.41. The first-order valence-electron chi connectivity index (χ1n) is 6.38. The van der Waals surface area contributed by atoms with Gasteiger partial charge in [-0.25, -0.2) is 0 Å². The SMILES string of the molecule is CCCC1CCC(CC2CCC2)C1. The predicted molar refractivity (Wildman–Crippen MR) is 57.7 cm³/mol. The normalized spacial score (nSPS) is 34.8. The van der Waals surface area contributed by atoms with Crippen LogP contribution in [-0.2, 0) is 0 Å². The van der Waals surface area contributed by atoms with E-state index in [4.69, 9.17) is 0 Å².